The first-order valence-electron chi connectivity index (χ1n) is 11.9. The van der Waals surface area contributed by atoms with E-state index in [1.165, 1.54) is 6.07 Å². The molecule has 39 heavy (non-hydrogen) atoms. The molecule has 0 bridgehead atoms. The molecule has 3 aromatic carbocycles. The number of aryl methyl sites for hydroxylation is 1. The average Bonchev–Trinajstić information content (AvgIpc) is 3.19. The smallest absolute Gasteiger partial charge is 0.326 e. The van der Waals surface area contributed by atoms with Gasteiger partial charge in [-0.05, 0) is 24.1 Å². The Morgan fingerprint density at radius 3 is 2.26 bits per heavy atom. The number of carbonyl (C=O) groups is 1. The summed E-state index contributed by atoms with van der Waals surface area (Å²) in [5.74, 6) is -1.30. The molecular weight excluding hydrogens is 525 g/mol. The highest BCUT2D eigenvalue weighted by molar-refractivity contribution is 7.92. The lowest BCUT2D eigenvalue weighted by Crippen LogP contribution is -2.30. The van der Waals surface area contributed by atoms with Gasteiger partial charge in [-0.15, -0.1) is 0 Å². The zero-order valence-corrected chi connectivity index (χ0v) is 21.6. The second-order valence-corrected chi connectivity index (χ2v) is 10.3. The van der Waals surface area contributed by atoms with Crippen LogP contribution in [-0.2, 0) is 28.2 Å². The Morgan fingerprint density at radius 1 is 1.00 bits per heavy atom. The Morgan fingerprint density at radius 2 is 1.64 bits per heavy atom. The molecule has 12 heteroatoms. The number of ether oxygens (including phenoxy) is 2. The van der Waals surface area contributed by atoms with Gasteiger partial charge >= 0.3 is 10.2 Å². The van der Waals surface area contributed by atoms with Crippen LogP contribution >= 0.6 is 0 Å². The van der Waals surface area contributed by atoms with Crippen molar-refractivity contribution in [2.75, 3.05) is 16.2 Å². The number of nitrogens with zero attached hydrogens (tertiary/aromatic N) is 3. The van der Waals surface area contributed by atoms with Crippen LogP contribution in [0.5, 0.6) is 11.6 Å². The summed E-state index contributed by atoms with van der Waals surface area (Å²) in [6, 6.07) is 21.2. The van der Waals surface area contributed by atoms with Gasteiger partial charge in [-0.2, -0.15) is 13.4 Å². The third-order valence-corrected chi connectivity index (χ3v) is 7.11. The molecule has 10 nitrogen and oxygen atoms in total. The maximum absolute atomic E-state index is 15.5. The van der Waals surface area contributed by atoms with Gasteiger partial charge in [-0.1, -0.05) is 60.7 Å². The monoisotopic (exact) mass is 549 g/mol. The molecule has 2 heterocycles. The lowest BCUT2D eigenvalue weighted by molar-refractivity contribution is -0.117. The average molecular weight is 550 g/mol. The van der Waals surface area contributed by atoms with E-state index < -0.39 is 28.5 Å². The molecule has 0 spiro atoms. The highest BCUT2D eigenvalue weighted by Crippen LogP contribution is 2.38. The number of anilines is 3. The topological polar surface area (TPSA) is 123 Å². The van der Waals surface area contributed by atoms with Gasteiger partial charge in [0.2, 0.25) is 11.8 Å². The van der Waals surface area contributed by atoms with Crippen molar-refractivity contribution in [3.63, 3.8) is 0 Å². The highest BCUT2D eigenvalue weighted by Gasteiger charge is 2.38. The van der Waals surface area contributed by atoms with Crippen molar-refractivity contribution in [2.24, 2.45) is 0 Å². The predicted octanol–water partition coefficient (Wildman–Crippen LogP) is 4.01. The molecule has 0 aliphatic carbocycles. The number of halogens is 1. The van der Waals surface area contributed by atoms with Crippen molar-refractivity contribution in [3.8, 4) is 11.6 Å². The number of hydrogen-bond acceptors (Lipinski definition) is 8. The Bertz CT molecular complexity index is 1600. The fraction of sp³-hybridized carbons (Fsp3) is 0.148. The molecule has 1 amide bonds. The molecule has 4 aromatic rings. The molecular formula is C27H24FN5O5S. The largest absolute Gasteiger partial charge is 0.487 e. The first kappa shape index (κ1) is 25.9. The summed E-state index contributed by atoms with van der Waals surface area (Å²) in [5, 5.41) is 2.92. The van der Waals surface area contributed by atoms with E-state index in [0.717, 1.165) is 17.2 Å². The molecule has 1 aliphatic rings. The van der Waals surface area contributed by atoms with E-state index in [2.05, 4.69) is 15.3 Å². The zero-order valence-electron chi connectivity index (χ0n) is 20.8. The summed E-state index contributed by atoms with van der Waals surface area (Å²) in [6.07, 6.45) is 1.57. The summed E-state index contributed by atoms with van der Waals surface area (Å²) in [5.41, 5.74) is 2.27. The molecule has 0 atom stereocenters. The number of rotatable bonds is 9. The summed E-state index contributed by atoms with van der Waals surface area (Å²) in [4.78, 5) is 20.5. The van der Waals surface area contributed by atoms with Gasteiger partial charge in [-0.3, -0.25) is 4.79 Å². The summed E-state index contributed by atoms with van der Waals surface area (Å²) >= 11 is 0. The van der Waals surface area contributed by atoms with E-state index >= 15 is 4.39 Å². The van der Waals surface area contributed by atoms with Crippen LogP contribution in [0.1, 0.15) is 16.7 Å². The van der Waals surface area contributed by atoms with Crippen LogP contribution in [0.15, 0.2) is 79.0 Å². The van der Waals surface area contributed by atoms with E-state index in [4.69, 9.17) is 9.47 Å². The Kier molecular flexibility index (Phi) is 7.28. The number of aromatic nitrogens is 2. The van der Waals surface area contributed by atoms with Gasteiger partial charge < -0.3 is 14.8 Å². The van der Waals surface area contributed by atoms with Crippen LogP contribution in [0, 0.1) is 12.7 Å². The fourth-order valence-corrected chi connectivity index (χ4v) is 5.03. The van der Waals surface area contributed by atoms with Crippen molar-refractivity contribution in [3.05, 3.63) is 102 Å². The van der Waals surface area contributed by atoms with Gasteiger partial charge in [0, 0.05) is 23.5 Å². The minimum Gasteiger partial charge on any atom is -0.487 e. The van der Waals surface area contributed by atoms with E-state index in [1.807, 2.05) is 65.4 Å². The quantitative estimate of drug-likeness (QED) is 0.321. The minimum absolute atomic E-state index is 0.0322. The van der Waals surface area contributed by atoms with Crippen molar-refractivity contribution in [1.29, 1.82) is 0 Å². The fourth-order valence-electron chi connectivity index (χ4n) is 3.87. The van der Waals surface area contributed by atoms with E-state index in [-0.39, 0.29) is 29.7 Å². The number of nitrogens with one attached hydrogen (secondary N) is 2. The van der Waals surface area contributed by atoms with Gasteiger partial charge in [0.15, 0.2) is 5.82 Å². The van der Waals surface area contributed by atoms with Crippen molar-refractivity contribution < 1.29 is 27.1 Å². The third-order valence-electron chi connectivity index (χ3n) is 5.73. The summed E-state index contributed by atoms with van der Waals surface area (Å²) in [6.45, 7) is 1.57. The maximum atomic E-state index is 15.5. The summed E-state index contributed by atoms with van der Waals surface area (Å²) in [7, 11) is -4.28. The first-order valence-corrected chi connectivity index (χ1v) is 13.3. The molecule has 0 unspecified atom stereocenters. The minimum atomic E-state index is -4.28. The van der Waals surface area contributed by atoms with Crippen molar-refractivity contribution in [2.45, 2.75) is 20.1 Å². The molecule has 1 aliphatic heterocycles. The van der Waals surface area contributed by atoms with Crippen LogP contribution < -0.4 is 23.8 Å². The van der Waals surface area contributed by atoms with Gasteiger partial charge in [-0.25, -0.2) is 18.4 Å². The Hall–Kier alpha value is -4.71. The lowest BCUT2D eigenvalue weighted by atomic mass is 10.2. The molecule has 1 saturated heterocycles. The number of hydrogen-bond donors (Lipinski definition) is 2. The third kappa shape index (κ3) is 6.07. The van der Waals surface area contributed by atoms with Crippen LogP contribution in [-0.4, -0.2) is 30.8 Å². The molecule has 200 valence electrons. The number of carbonyl (C=O) groups excluding carboxylic acids is 1. The first-order chi connectivity index (χ1) is 18.8. The van der Waals surface area contributed by atoms with Crippen molar-refractivity contribution in [1.82, 2.24) is 14.7 Å². The maximum Gasteiger partial charge on any atom is 0.326 e. The van der Waals surface area contributed by atoms with Gasteiger partial charge in [0.1, 0.15) is 31.2 Å². The van der Waals surface area contributed by atoms with Crippen LogP contribution in [0.4, 0.5) is 21.7 Å². The van der Waals surface area contributed by atoms with Crippen molar-refractivity contribution >= 4 is 33.4 Å². The van der Waals surface area contributed by atoms with Gasteiger partial charge in [0.05, 0.1) is 0 Å². The summed E-state index contributed by atoms with van der Waals surface area (Å²) < 4.78 is 54.7. The molecule has 0 saturated carbocycles. The predicted molar refractivity (Wildman–Crippen MR) is 142 cm³/mol. The molecule has 0 radical (unpaired) electrons. The zero-order chi connectivity index (χ0) is 27.4. The van der Waals surface area contributed by atoms with E-state index in [0.29, 0.717) is 22.4 Å². The molecule has 1 fully saturated rings. The number of benzene rings is 3. The van der Waals surface area contributed by atoms with Crippen LogP contribution in [0.2, 0.25) is 0 Å². The van der Waals surface area contributed by atoms with E-state index in [1.54, 1.807) is 13.1 Å². The molecule has 5 rings (SSSR count). The second-order valence-electron chi connectivity index (χ2n) is 8.70. The second kappa shape index (κ2) is 11.0. The Labute approximate surface area is 224 Å². The van der Waals surface area contributed by atoms with E-state index in [9.17, 15) is 13.2 Å². The molecule has 1 aromatic heterocycles. The SMILES string of the molecule is Cc1cnc(Nc2cc(F)c(N3CC(=O)NS3(=O)=O)c(OCc3ccccc3)c2)nc1OCc1ccccc1. The lowest BCUT2D eigenvalue weighted by Gasteiger charge is -2.21. The van der Waals surface area contributed by atoms with Gasteiger partial charge in [0.25, 0.3) is 5.91 Å². The standard InChI is InChI=1S/C27H24FN5O5S/c1-18-14-29-27(31-26(18)38-17-20-10-6-3-7-11-20)30-21-12-22(28)25(33-15-24(34)32-39(33,35)36)23(13-21)37-16-19-8-4-2-5-9-19/h2-14H,15-17H2,1H3,(H,32,34)(H,29,30,31). The van der Waals surface area contributed by atoms with Crippen LogP contribution in [0.3, 0.4) is 0 Å². The Balaban J connectivity index is 1.43. The highest BCUT2D eigenvalue weighted by atomic mass is 32.2. The number of amides is 1. The normalized spacial score (nSPS) is 14.1. The van der Waals surface area contributed by atoms with Crippen LogP contribution in [0.25, 0.3) is 0 Å². The molecule has 2 N–H and O–H groups in total.